The summed E-state index contributed by atoms with van der Waals surface area (Å²) in [5, 5.41) is 14.5. The highest BCUT2D eigenvalue weighted by Crippen LogP contribution is 2.44. The van der Waals surface area contributed by atoms with E-state index in [1.165, 1.54) is 7.11 Å². The van der Waals surface area contributed by atoms with Gasteiger partial charge in [0.25, 0.3) is 0 Å². The molecule has 1 fully saturated rings. The molecule has 0 radical (unpaired) electrons. The van der Waals surface area contributed by atoms with Gasteiger partial charge in [0.05, 0.1) is 7.11 Å². The number of carboxylic acids is 1. The number of hydrogen-bond acceptors (Lipinski definition) is 6. The molecule has 1 heterocycles. The lowest BCUT2D eigenvalue weighted by molar-refractivity contribution is -0.147. The number of carbonyl (C=O) groups excluding carboxylic acids is 2. The summed E-state index contributed by atoms with van der Waals surface area (Å²) in [4.78, 5) is 36.1. The Morgan fingerprint density at radius 3 is 2.23 bits per heavy atom. The molecule has 2 atom stereocenters. The van der Waals surface area contributed by atoms with E-state index in [4.69, 9.17) is 9.47 Å². The highest BCUT2D eigenvalue weighted by Gasteiger charge is 2.50. The number of esters is 1. The minimum Gasteiger partial charge on any atom is -0.480 e. The molecule has 4 rings (SSSR count). The maximum absolute atomic E-state index is 12.6. The highest BCUT2D eigenvalue weighted by atomic mass is 16.6. The summed E-state index contributed by atoms with van der Waals surface area (Å²) in [6.45, 7) is 0.0355. The molecule has 0 saturated carbocycles. The van der Waals surface area contributed by atoms with Crippen LogP contribution in [0.25, 0.3) is 11.1 Å². The zero-order valence-electron chi connectivity index (χ0n) is 16.4. The molecule has 1 amide bonds. The number of nitrogens with one attached hydrogen (secondary N) is 2. The molecular weight excluding hydrogens is 388 g/mol. The van der Waals surface area contributed by atoms with E-state index in [9.17, 15) is 19.5 Å². The van der Waals surface area contributed by atoms with Crippen molar-refractivity contribution in [3.63, 3.8) is 0 Å². The number of carboxylic acid groups (broad SMARTS) is 1. The average Bonchev–Trinajstić information content (AvgIpc) is 3.32. The Morgan fingerprint density at radius 2 is 1.70 bits per heavy atom. The first-order valence-corrected chi connectivity index (χ1v) is 9.63. The normalized spacial score (nSPS) is 22.1. The number of carbonyl (C=O) groups is 3. The SMILES string of the molecule is COC(=O)[C@@]1(NC(=O)OCC2c3ccccc3-c3ccccc32)CN[C@H](C(=O)O)C1. The lowest BCUT2D eigenvalue weighted by Gasteiger charge is -2.26. The number of fused-ring (bicyclic) bond motifs is 3. The molecule has 0 spiro atoms. The van der Waals surface area contributed by atoms with E-state index in [-0.39, 0.29) is 25.5 Å². The molecule has 1 aliphatic heterocycles. The predicted molar refractivity (Wildman–Crippen MR) is 107 cm³/mol. The third-order valence-corrected chi connectivity index (χ3v) is 5.76. The van der Waals surface area contributed by atoms with Crippen LogP contribution in [0.1, 0.15) is 23.5 Å². The Labute approximate surface area is 173 Å². The third kappa shape index (κ3) is 3.39. The number of ether oxygens (including phenoxy) is 2. The Balaban J connectivity index is 1.48. The number of benzene rings is 2. The van der Waals surface area contributed by atoms with Gasteiger partial charge in [-0.05, 0) is 22.3 Å². The largest absolute Gasteiger partial charge is 0.480 e. The Hall–Kier alpha value is -3.39. The van der Waals surface area contributed by atoms with Gasteiger partial charge in [-0.25, -0.2) is 9.59 Å². The molecule has 2 aliphatic rings. The molecule has 156 valence electrons. The summed E-state index contributed by atoms with van der Waals surface area (Å²) >= 11 is 0. The van der Waals surface area contributed by atoms with E-state index in [1.807, 2.05) is 48.5 Å². The second kappa shape index (κ2) is 7.79. The summed E-state index contributed by atoms with van der Waals surface area (Å²) in [7, 11) is 1.19. The first-order valence-electron chi connectivity index (χ1n) is 9.63. The summed E-state index contributed by atoms with van der Waals surface area (Å²) in [6.07, 6.45) is -0.922. The lowest BCUT2D eigenvalue weighted by Crippen LogP contribution is -2.56. The lowest BCUT2D eigenvalue weighted by atomic mass is 9.96. The first-order chi connectivity index (χ1) is 14.4. The quantitative estimate of drug-likeness (QED) is 0.645. The van der Waals surface area contributed by atoms with Gasteiger partial charge in [-0.15, -0.1) is 0 Å². The zero-order valence-corrected chi connectivity index (χ0v) is 16.4. The van der Waals surface area contributed by atoms with Crippen LogP contribution >= 0.6 is 0 Å². The zero-order chi connectivity index (χ0) is 21.3. The number of rotatable bonds is 5. The smallest absolute Gasteiger partial charge is 0.408 e. The van der Waals surface area contributed by atoms with E-state index in [0.29, 0.717) is 0 Å². The van der Waals surface area contributed by atoms with Crippen LogP contribution in [0.4, 0.5) is 4.79 Å². The van der Waals surface area contributed by atoms with Gasteiger partial charge in [0.1, 0.15) is 12.6 Å². The van der Waals surface area contributed by atoms with Gasteiger partial charge in [-0.3, -0.25) is 4.79 Å². The molecule has 0 bridgehead atoms. The fourth-order valence-electron chi connectivity index (χ4n) is 4.29. The maximum atomic E-state index is 12.6. The number of hydrogen-bond donors (Lipinski definition) is 3. The summed E-state index contributed by atoms with van der Waals surface area (Å²) in [5.41, 5.74) is 2.88. The number of alkyl carbamates (subject to hydrolysis) is 1. The third-order valence-electron chi connectivity index (χ3n) is 5.76. The molecular formula is C22H22N2O6. The van der Waals surface area contributed by atoms with Crippen molar-refractivity contribution in [2.45, 2.75) is 23.9 Å². The van der Waals surface area contributed by atoms with E-state index < -0.39 is 29.6 Å². The van der Waals surface area contributed by atoms with Crippen molar-refractivity contribution in [1.29, 1.82) is 0 Å². The van der Waals surface area contributed by atoms with Crippen LogP contribution in [0.15, 0.2) is 48.5 Å². The number of amides is 1. The molecule has 2 aromatic carbocycles. The van der Waals surface area contributed by atoms with Crippen LogP contribution in [-0.4, -0.2) is 55.0 Å². The minimum absolute atomic E-state index is 0.0547. The standard InChI is InChI=1S/C22H22N2O6/c1-29-20(27)22(10-18(19(25)26)23-12-22)24-21(28)30-11-17-15-8-4-2-6-13(15)14-7-3-5-9-16(14)17/h2-9,17-18,23H,10-12H2,1H3,(H,24,28)(H,25,26)/t18-,22-/m0/s1. The Bertz CT molecular complexity index is 961. The fraction of sp³-hybridized carbons (Fsp3) is 0.318. The minimum atomic E-state index is -1.49. The molecule has 30 heavy (non-hydrogen) atoms. The topological polar surface area (TPSA) is 114 Å². The predicted octanol–water partition coefficient (Wildman–Crippen LogP) is 1.88. The van der Waals surface area contributed by atoms with E-state index in [2.05, 4.69) is 10.6 Å². The van der Waals surface area contributed by atoms with Gasteiger partial charge >= 0.3 is 18.0 Å². The molecule has 1 saturated heterocycles. The van der Waals surface area contributed by atoms with Crippen molar-refractivity contribution in [1.82, 2.24) is 10.6 Å². The van der Waals surface area contributed by atoms with E-state index in [1.54, 1.807) is 0 Å². The van der Waals surface area contributed by atoms with Crippen molar-refractivity contribution in [2.75, 3.05) is 20.3 Å². The molecule has 0 aromatic heterocycles. The van der Waals surface area contributed by atoms with Gasteiger partial charge in [0, 0.05) is 18.9 Å². The molecule has 8 heteroatoms. The monoisotopic (exact) mass is 410 g/mol. The Morgan fingerprint density at radius 1 is 1.10 bits per heavy atom. The van der Waals surface area contributed by atoms with Crippen LogP contribution in [-0.2, 0) is 19.1 Å². The first kappa shape index (κ1) is 19.9. The maximum Gasteiger partial charge on any atom is 0.408 e. The van der Waals surface area contributed by atoms with Gasteiger partial charge in [0.2, 0.25) is 0 Å². The summed E-state index contributed by atoms with van der Waals surface area (Å²) in [6, 6.07) is 15.0. The Kier molecular flexibility index (Phi) is 5.17. The molecule has 2 aromatic rings. The van der Waals surface area contributed by atoms with Crippen LogP contribution in [0, 0.1) is 0 Å². The van der Waals surface area contributed by atoms with E-state index in [0.717, 1.165) is 22.3 Å². The van der Waals surface area contributed by atoms with Crippen molar-refractivity contribution in [2.24, 2.45) is 0 Å². The van der Waals surface area contributed by atoms with Gasteiger partial charge in [-0.1, -0.05) is 48.5 Å². The van der Waals surface area contributed by atoms with Crippen LogP contribution < -0.4 is 10.6 Å². The van der Waals surface area contributed by atoms with Crippen molar-refractivity contribution < 1.29 is 29.0 Å². The van der Waals surface area contributed by atoms with Crippen LogP contribution in [0.3, 0.4) is 0 Å². The highest BCUT2D eigenvalue weighted by molar-refractivity contribution is 5.88. The van der Waals surface area contributed by atoms with Gasteiger partial charge < -0.3 is 25.2 Å². The number of aliphatic carboxylic acids is 1. The summed E-state index contributed by atoms with van der Waals surface area (Å²) in [5.74, 6) is -1.94. The van der Waals surface area contributed by atoms with Gasteiger partial charge in [-0.2, -0.15) is 0 Å². The van der Waals surface area contributed by atoms with Crippen LogP contribution in [0.2, 0.25) is 0 Å². The molecule has 3 N–H and O–H groups in total. The average molecular weight is 410 g/mol. The van der Waals surface area contributed by atoms with E-state index >= 15 is 0 Å². The van der Waals surface area contributed by atoms with Crippen molar-refractivity contribution in [3.8, 4) is 11.1 Å². The molecule has 0 unspecified atom stereocenters. The fourth-order valence-corrected chi connectivity index (χ4v) is 4.29. The molecule has 8 nitrogen and oxygen atoms in total. The summed E-state index contributed by atoms with van der Waals surface area (Å²) < 4.78 is 10.3. The molecule has 1 aliphatic carbocycles. The van der Waals surface area contributed by atoms with Crippen molar-refractivity contribution >= 4 is 18.0 Å². The van der Waals surface area contributed by atoms with Crippen molar-refractivity contribution in [3.05, 3.63) is 59.7 Å². The number of methoxy groups -OCH3 is 1. The van der Waals surface area contributed by atoms with Crippen LogP contribution in [0.5, 0.6) is 0 Å². The van der Waals surface area contributed by atoms with Gasteiger partial charge in [0.15, 0.2) is 5.54 Å². The second-order valence-corrected chi connectivity index (χ2v) is 7.50. The second-order valence-electron chi connectivity index (χ2n) is 7.50.